The molecule has 0 bridgehead atoms. The fourth-order valence-electron chi connectivity index (χ4n) is 2.55. The molecule has 0 atom stereocenters. The Labute approximate surface area is 148 Å². The van der Waals surface area contributed by atoms with E-state index in [2.05, 4.69) is 26.7 Å². The van der Waals surface area contributed by atoms with Crippen molar-refractivity contribution < 1.29 is 4.39 Å². The molecule has 4 rings (SSSR count). The van der Waals surface area contributed by atoms with Crippen LogP contribution in [0.4, 0.5) is 21.6 Å². The summed E-state index contributed by atoms with van der Waals surface area (Å²) in [6.07, 6.45) is 5.43. The maximum atomic E-state index is 13.4. The first kappa shape index (κ1) is 15.6. The van der Waals surface area contributed by atoms with Gasteiger partial charge in [0.1, 0.15) is 17.7 Å². The first-order valence-electron chi connectivity index (χ1n) is 7.81. The van der Waals surface area contributed by atoms with Crippen LogP contribution in [0.2, 0.25) is 5.02 Å². The highest BCUT2D eigenvalue weighted by Gasteiger charge is 2.21. The molecule has 7 heteroatoms. The number of halogens is 2. The number of hydrogen-bond acceptors (Lipinski definition) is 5. The molecular formula is C18H13ClFN5. The van der Waals surface area contributed by atoms with Crippen molar-refractivity contribution in [3.8, 4) is 6.07 Å². The van der Waals surface area contributed by atoms with E-state index in [-0.39, 0.29) is 5.02 Å². The molecule has 2 N–H and O–H groups in total. The molecule has 1 aromatic carbocycles. The van der Waals surface area contributed by atoms with E-state index in [0.29, 0.717) is 28.5 Å². The Morgan fingerprint density at radius 3 is 2.76 bits per heavy atom. The molecule has 1 aliphatic rings. The molecule has 1 fully saturated rings. The SMILES string of the molecule is N#Cc1cnc2cnc(NC3CC3)cc2c1Nc1ccc(F)c(Cl)c1. The number of nitriles is 1. The Kier molecular flexibility index (Phi) is 3.86. The zero-order chi connectivity index (χ0) is 17.4. The van der Waals surface area contributed by atoms with Gasteiger partial charge in [0.2, 0.25) is 0 Å². The Balaban J connectivity index is 1.80. The van der Waals surface area contributed by atoms with Gasteiger partial charge < -0.3 is 10.6 Å². The Morgan fingerprint density at radius 1 is 1.20 bits per heavy atom. The van der Waals surface area contributed by atoms with Gasteiger partial charge in [-0.3, -0.25) is 4.98 Å². The summed E-state index contributed by atoms with van der Waals surface area (Å²) >= 11 is 5.85. The van der Waals surface area contributed by atoms with Gasteiger partial charge in [-0.25, -0.2) is 9.37 Å². The zero-order valence-electron chi connectivity index (χ0n) is 13.1. The quantitative estimate of drug-likeness (QED) is 0.716. The van der Waals surface area contributed by atoms with Crippen molar-refractivity contribution in [2.75, 3.05) is 10.6 Å². The van der Waals surface area contributed by atoms with Gasteiger partial charge in [-0.2, -0.15) is 5.26 Å². The molecule has 0 saturated heterocycles. The second kappa shape index (κ2) is 6.19. The average Bonchev–Trinajstić information content (AvgIpc) is 3.42. The van der Waals surface area contributed by atoms with E-state index in [1.54, 1.807) is 12.3 Å². The van der Waals surface area contributed by atoms with Crippen LogP contribution in [0.25, 0.3) is 10.9 Å². The molecule has 3 aromatic rings. The molecule has 0 aliphatic heterocycles. The normalized spacial score (nSPS) is 13.5. The van der Waals surface area contributed by atoms with Crippen LogP contribution in [-0.4, -0.2) is 16.0 Å². The Morgan fingerprint density at radius 2 is 2.04 bits per heavy atom. The monoisotopic (exact) mass is 353 g/mol. The van der Waals surface area contributed by atoms with Crippen LogP contribution in [0.5, 0.6) is 0 Å². The minimum Gasteiger partial charge on any atom is -0.367 e. The second-order valence-electron chi connectivity index (χ2n) is 5.92. The first-order chi connectivity index (χ1) is 12.1. The fourth-order valence-corrected chi connectivity index (χ4v) is 2.73. The van der Waals surface area contributed by atoms with Crippen LogP contribution in [0, 0.1) is 17.1 Å². The van der Waals surface area contributed by atoms with E-state index in [4.69, 9.17) is 11.6 Å². The summed E-state index contributed by atoms with van der Waals surface area (Å²) in [5.41, 5.74) is 2.23. The molecule has 0 spiro atoms. The standard InChI is InChI=1S/C18H13ClFN5/c19-14-5-12(3-4-15(14)20)25-18-10(7-21)8-22-16-9-23-17(6-13(16)18)24-11-1-2-11/h3-6,8-9,11H,1-2H2,(H,22,25)(H,23,24). The van der Waals surface area contributed by atoms with Gasteiger partial charge in [0.15, 0.2) is 0 Å². The van der Waals surface area contributed by atoms with Crippen LogP contribution < -0.4 is 10.6 Å². The summed E-state index contributed by atoms with van der Waals surface area (Å²) in [5.74, 6) is 0.250. The van der Waals surface area contributed by atoms with Crippen molar-refractivity contribution in [1.82, 2.24) is 9.97 Å². The minimum atomic E-state index is -0.493. The predicted octanol–water partition coefficient (Wildman–Crippen LogP) is 4.61. The molecule has 1 saturated carbocycles. The molecule has 2 aromatic heterocycles. The zero-order valence-corrected chi connectivity index (χ0v) is 13.8. The summed E-state index contributed by atoms with van der Waals surface area (Å²) in [4.78, 5) is 8.64. The number of nitrogens with one attached hydrogen (secondary N) is 2. The molecule has 0 amide bonds. The number of fused-ring (bicyclic) bond motifs is 1. The van der Waals surface area contributed by atoms with Gasteiger partial charge in [0, 0.05) is 23.3 Å². The summed E-state index contributed by atoms with van der Waals surface area (Å²) in [5, 5.41) is 16.7. The fraction of sp³-hybridized carbons (Fsp3) is 0.167. The highest BCUT2D eigenvalue weighted by Crippen LogP contribution is 2.32. The van der Waals surface area contributed by atoms with E-state index in [9.17, 15) is 9.65 Å². The minimum absolute atomic E-state index is 0.0135. The number of pyridine rings is 2. The van der Waals surface area contributed by atoms with Crippen molar-refractivity contribution in [1.29, 1.82) is 5.26 Å². The van der Waals surface area contributed by atoms with E-state index in [0.717, 1.165) is 24.0 Å². The molecule has 0 unspecified atom stereocenters. The van der Waals surface area contributed by atoms with Crippen LogP contribution in [-0.2, 0) is 0 Å². The van der Waals surface area contributed by atoms with Crippen molar-refractivity contribution in [3.63, 3.8) is 0 Å². The molecule has 25 heavy (non-hydrogen) atoms. The summed E-state index contributed by atoms with van der Waals surface area (Å²) in [6.45, 7) is 0. The highest BCUT2D eigenvalue weighted by molar-refractivity contribution is 6.31. The smallest absolute Gasteiger partial charge is 0.141 e. The van der Waals surface area contributed by atoms with E-state index < -0.39 is 5.82 Å². The van der Waals surface area contributed by atoms with E-state index in [1.165, 1.54) is 18.3 Å². The maximum absolute atomic E-state index is 13.4. The molecule has 1 aliphatic carbocycles. The number of hydrogen-bond donors (Lipinski definition) is 2. The number of nitrogens with zero attached hydrogens (tertiary/aromatic N) is 3. The molecule has 0 radical (unpaired) electrons. The third kappa shape index (κ3) is 3.19. The van der Waals surface area contributed by atoms with Crippen LogP contribution >= 0.6 is 11.6 Å². The van der Waals surface area contributed by atoms with Gasteiger partial charge >= 0.3 is 0 Å². The average molecular weight is 354 g/mol. The van der Waals surface area contributed by atoms with Crippen molar-refractivity contribution >= 4 is 39.7 Å². The highest BCUT2D eigenvalue weighted by atomic mass is 35.5. The van der Waals surface area contributed by atoms with Crippen LogP contribution in [0.15, 0.2) is 36.7 Å². The number of anilines is 3. The largest absolute Gasteiger partial charge is 0.367 e. The number of rotatable bonds is 4. The lowest BCUT2D eigenvalue weighted by atomic mass is 10.1. The van der Waals surface area contributed by atoms with E-state index in [1.807, 2.05) is 6.07 Å². The molecule has 124 valence electrons. The van der Waals surface area contributed by atoms with Gasteiger partial charge in [-0.1, -0.05) is 11.6 Å². The van der Waals surface area contributed by atoms with Gasteiger partial charge in [-0.05, 0) is 37.1 Å². The summed E-state index contributed by atoms with van der Waals surface area (Å²) < 4.78 is 13.4. The lowest BCUT2D eigenvalue weighted by molar-refractivity contribution is 0.628. The van der Waals surface area contributed by atoms with Crippen LogP contribution in [0.1, 0.15) is 18.4 Å². The van der Waals surface area contributed by atoms with Crippen molar-refractivity contribution in [3.05, 3.63) is 53.1 Å². The maximum Gasteiger partial charge on any atom is 0.141 e. The lowest BCUT2D eigenvalue weighted by Gasteiger charge is -2.13. The number of benzene rings is 1. The van der Waals surface area contributed by atoms with Crippen LogP contribution in [0.3, 0.4) is 0 Å². The summed E-state index contributed by atoms with van der Waals surface area (Å²) in [6, 6.07) is 8.80. The van der Waals surface area contributed by atoms with Crippen molar-refractivity contribution in [2.45, 2.75) is 18.9 Å². The molecular weight excluding hydrogens is 341 g/mol. The van der Waals surface area contributed by atoms with Gasteiger partial charge in [-0.15, -0.1) is 0 Å². The topological polar surface area (TPSA) is 73.6 Å². The third-order valence-electron chi connectivity index (χ3n) is 3.99. The Bertz CT molecular complexity index is 1010. The Hall–Kier alpha value is -2.91. The first-order valence-corrected chi connectivity index (χ1v) is 8.19. The van der Waals surface area contributed by atoms with E-state index >= 15 is 0 Å². The molecule has 2 heterocycles. The third-order valence-corrected chi connectivity index (χ3v) is 4.28. The second-order valence-corrected chi connectivity index (χ2v) is 6.33. The van der Waals surface area contributed by atoms with Gasteiger partial charge in [0.05, 0.1) is 28.0 Å². The lowest BCUT2D eigenvalue weighted by Crippen LogP contribution is -2.04. The molecule has 5 nitrogen and oxygen atoms in total. The van der Waals surface area contributed by atoms with Crippen molar-refractivity contribution in [2.24, 2.45) is 0 Å². The summed E-state index contributed by atoms with van der Waals surface area (Å²) in [7, 11) is 0. The number of aromatic nitrogens is 2. The van der Waals surface area contributed by atoms with Gasteiger partial charge in [0.25, 0.3) is 0 Å². The predicted molar refractivity (Wildman–Crippen MR) is 95.6 cm³/mol.